The van der Waals surface area contributed by atoms with E-state index in [0.29, 0.717) is 11.0 Å². The Kier molecular flexibility index (Phi) is 5.99. The van der Waals surface area contributed by atoms with E-state index in [2.05, 4.69) is 20.9 Å². The molecule has 0 unspecified atom stereocenters. The highest BCUT2D eigenvalue weighted by molar-refractivity contribution is 8.00. The van der Waals surface area contributed by atoms with Crippen molar-refractivity contribution >= 4 is 23.4 Å². The first-order valence-electron chi connectivity index (χ1n) is 10.7. The molecule has 0 aliphatic carbocycles. The second-order valence-corrected chi connectivity index (χ2v) is 8.86. The molecule has 8 heteroatoms. The van der Waals surface area contributed by atoms with Crippen LogP contribution in [-0.4, -0.2) is 26.0 Å². The highest BCUT2D eigenvalue weighted by atomic mass is 32.2. The standard InChI is InChI=1S/C25H23N5O2S/c1-17-9-8-12-19(15-17)26-24(31)23-22(18-10-4-2-5-11-18)29-30-21(27-28-25(30)33-23)16-32-20-13-6-3-7-14-20/h2-15,22-23,29H,16H2,1H3,(H,26,31)/t22-,23-/m1/s1. The molecule has 0 spiro atoms. The molecular formula is C25H23N5O2S. The smallest absolute Gasteiger partial charge is 0.240 e. The third-order valence-electron chi connectivity index (χ3n) is 5.32. The van der Waals surface area contributed by atoms with Crippen molar-refractivity contribution in [1.29, 1.82) is 0 Å². The number of benzene rings is 3. The number of carbonyl (C=O) groups is 1. The number of ether oxygens (including phenoxy) is 1. The third-order valence-corrected chi connectivity index (χ3v) is 6.53. The quantitative estimate of drug-likeness (QED) is 0.442. The molecular weight excluding hydrogens is 434 g/mol. The summed E-state index contributed by atoms with van der Waals surface area (Å²) in [4.78, 5) is 13.3. The van der Waals surface area contributed by atoms with Gasteiger partial charge in [0.2, 0.25) is 11.1 Å². The number of anilines is 1. The van der Waals surface area contributed by atoms with Gasteiger partial charge in [-0.05, 0) is 42.3 Å². The van der Waals surface area contributed by atoms with Crippen LogP contribution in [0.25, 0.3) is 0 Å². The second kappa shape index (κ2) is 9.38. The summed E-state index contributed by atoms with van der Waals surface area (Å²) in [7, 11) is 0. The van der Waals surface area contributed by atoms with E-state index >= 15 is 0 Å². The van der Waals surface area contributed by atoms with Gasteiger partial charge in [-0.15, -0.1) is 10.2 Å². The summed E-state index contributed by atoms with van der Waals surface area (Å²) < 4.78 is 7.69. The van der Waals surface area contributed by atoms with Crippen LogP contribution in [0, 0.1) is 6.92 Å². The highest BCUT2D eigenvalue weighted by Gasteiger charge is 2.37. The number of nitrogens with one attached hydrogen (secondary N) is 2. The fraction of sp³-hybridized carbons (Fsp3) is 0.160. The van der Waals surface area contributed by atoms with Crippen molar-refractivity contribution < 1.29 is 9.53 Å². The van der Waals surface area contributed by atoms with Crippen molar-refractivity contribution in [2.75, 3.05) is 10.7 Å². The Hall–Kier alpha value is -3.78. The van der Waals surface area contributed by atoms with E-state index in [9.17, 15) is 4.79 Å². The summed E-state index contributed by atoms with van der Waals surface area (Å²) >= 11 is 1.39. The maximum Gasteiger partial charge on any atom is 0.240 e. The first-order chi connectivity index (χ1) is 16.2. The first-order valence-corrected chi connectivity index (χ1v) is 11.5. The summed E-state index contributed by atoms with van der Waals surface area (Å²) in [5.74, 6) is 1.30. The number of nitrogens with zero attached hydrogens (tertiary/aromatic N) is 3. The van der Waals surface area contributed by atoms with Crippen LogP contribution in [0.5, 0.6) is 5.75 Å². The lowest BCUT2D eigenvalue weighted by Crippen LogP contribution is -2.41. The molecule has 33 heavy (non-hydrogen) atoms. The van der Waals surface area contributed by atoms with Gasteiger partial charge in [0, 0.05) is 5.69 Å². The van der Waals surface area contributed by atoms with Gasteiger partial charge in [0.1, 0.15) is 17.6 Å². The van der Waals surface area contributed by atoms with Crippen LogP contribution in [0.1, 0.15) is 23.0 Å². The fourth-order valence-corrected chi connectivity index (χ4v) is 4.80. The number of hydrogen-bond acceptors (Lipinski definition) is 6. The molecule has 0 saturated heterocycles. The maximum absolute atomic E-state index is 13.3. The molecule has 1 aliphatic rings. The molecule has 3 aromatic carbocycles. The van der Waals surface area contributed by atoms with Crippen LogP contribution >= 0.6 is 11.8 Å². The molecule has 1 aliphatic heterocycles. The van der Waals surface area contributed by atoms with Gasteiger partial charge in [-0.3, -0.25) is 4.79 Å². The van der Waals surface area contributed by atoms with Crippen LogP contribution in [-0.2, 0) is 11.4 Å². The zero-order valence-corrected chi connectivity index (χ0v) is 18.8. The number of carbonyl (C=O) groups excluding carboxylic acids is 1. The summed E-state index contributed by atoms with van der Waals surface area (Å²) in [6.45, 7) is 2.26. The molecule has 1 amide bonds. The summed E-state index contributed by atoms with van der Waals surface area (Å²) in [5.41, 5.74) is 6.32. The van der Waals surface area contributed by atoms with Gasteiger partial charge in [-0.25, -0.2) is 4.68 Å². The van der Waals surface area contributed by atoms with Crippen molar-refractivity contribution in [3.8, 4) is 5.75 Å². The van der Waals surface area contributed by atoms with Gasteiger partial charge in [-0.2, -0.15) is 0 Å². The predicted molar refractivity (Wildman–Crippen MR) is 129 cm³/mol. The van der Waals surface area contributed by atoms with Crippen molar-refractivity contribution in [1.82, 2.24) is 14.9 Å². The lowest BCUT2D eigenvalue weighted by atomic mass is 10.0. The number of aryl methyl sites for hydroxylation is 1. The van der Waals surface area contributed by atoms with E-state index in [1.165, 1.54) is 11.8 Å². The second-order valence-electron chi connectivity index (χ2n) is 7.75. The van der Waals surface area contributed by atoms with Gasteiger partial charge in [-0.1, -0.05) is 72.4 Å². The Morgan fingerprint density at radius 3 is 2.55 bits per heavy atom. The molecule has 5 rings (SSSR count). The number of para-hydroxylation sites is 1. The van der Waals surface area contributed by atoms with Crippen molar-refractivity contribution in [3.05, 3.63) is 102 Å². The van der Waals surface area contributed by atoms with Crippen LogP contribution in [0.15, 0.2) is 90.1 Å². The number of aromatic nitrogens is 3. The molecule has 0 fully saturated rings. The topological polar surface area (TPSA) is 81.1 Å². The molecule has 1 aromatic heterocycles. The van der Waals surface area contributed by atoms with Gasteiger partial charge in [0.15, 0.2) is 5.82 Å². The van der Waals surface area contributed by atoms with E-state index in [0.717, 1.165) is 22.6 Å². The van der Waals surface area contributed by atoms with Crippen LogP contribution in [0.4, 0.5) is 5.69 Å². The van der Waals surface area contributed by atoms with E-state index in [4.69, 9.17) is 4.74 Å². The summed E-state index contributed by atoms with van der Waals surface area (Å²) in [6, 6.07) is 27.0. The number of hydrogen-bond donors (Lipinski definition) is 2. The predicted octanol–water partition coefficient (Wildman–Crippen LogP) is 4.56. The molecule has 2 N–H and O–H groups in total. The Morgan fingerprint density at radius 2 is 1.79 bits per heavy atom. The van der Waals surface area contributed by atoms with E-state index in [1.807, 2.05) is 96.5 Å². The normalized spacial score (nSPS) is 17.0. The molecule has 7 nitrogen and oxygen atoms in total. The first kappa shape index (κ1) is 21.1. The number of rotatable bonds is 6. The molecule has 0 bridgehead atoms. The SMILES string of the molecule is Cc1cccc(NC(=O)[C@@H]2Sc3nnc(COc4ccccc4)n3N[C@@H]2c2ccccc2)c1. The van der Waals surface area contributed by atoms with Gasteiger partial charge >= 0.3 is 0 Å². The molecule has 166 valence electrons. The van der Waals surface area contributed by atoms with Gasteiger partial charge in [0.05, 0.1) is 6.04 Å². The zero-order valence-electron chi connectivity index (χ0n) is 18.0. The molecule has 2 heterocycles. The Morgan fingerprint density at radius 1 is 1.03 bits per heavy atom. The van der Waals surface area contributed by atoms with E-state index < -0.39 is 5.25 Å². The monoisotopic (exact) mass is 457 g/mol. The van der Waals surface area contributed by atoms with Gasteiger partial charge in [0.25, 0.3) is 0 Å². The third kappa shape index (κ3) is 4.70. The Bertz CT molecular complexity index is 1250. The maximum atomic E-state index is 13.3. The molecule has 4 aromatic rings. The van der Waals surface area contributed by atoms with Crippen molar-refractivity contribution in [2.45, 2.75) is 30.0 Å². The minimum Gasteiger partial charge on any atom is -0.486 e. The minimum absolute atomic E-state index is 0.0942. The number of amides is 1. The van der Waals surface area contributed by atoms with Crippen LogP contribution in [0.3, 0.4) is 0 Å². The largest absolute Gasteiger partial charge is 0.486 e. The molecule has 0 radical (unpaired) electrons. The molecule has 2 atom stereocenters. The van der Waals surface area contributed by atoms with Gasteiger partial charge < -0.3 is 15.5 Å². The summed E-state index contributed by atoms with van der Waals surface area (Å²) in [5, 5.41) is 11.8. The fourth-order valence-electron chi connectivity index (χ4n) is 3.70. The lowest BCUT2D eigenvalue weighted by Gasteiger charge is -2.33. The zero-order chi connectivity index (χ0) is 22.6. The average molecular weight is 458 g/mol. The van der Waals surface area contributed by atoms with Crippen LogP contribution in [0.2, 0.25) is 0 Å². The Balaban J connectivity index is 1.41. The van der Waals surface area contributed by atoms with Crippen molar-refractivity contribution in [2.24, 2.45) is 0 Å². The Labute approximate surface area is 196 Å². The average Bonchev–Trinajstić information content (AvgIpc) is 3.25. The minimum atomic E-state index is -0.437. The van der Waals surface area contributed by atoms with Crippen molar-refractivity contribution in [3.63, 3.8) is 0 Å². The number of thioether (sulfide) groups is 1. The highest BCUT2D eigenvalue weighted by Crippen LogP contribution is 2.37. The van der Waals surface area contributed by atoms with E-state index in [1.54, 1.807) is 0 Å². The summed E-state index contributed by atoms with van der Waals surface area (Å²) in [6.07, 6.45) is 0. The van der Waals surface area contributed by atoms with Crippen LogP contribution < -0.4 is 15.5 Å². The van der Waals surface area contributed by atoms with E-state index in [-0.39, 0.29) is 18.6 Å². The molecule has 0 saturated carbocycles. The number of fused-ring (bicyclic) bond motifs is 1. The lowest BCUT2D eigenvalue weighted by molar-refractivity contribution is -0.116.